The molecule has 4 nitrogen and oxygen atoms in total. The molecule has 1 aromatic carbocycles. The number of nitrogens with one attached hydrogen (secondary N) is 1. The van der Waals surface area contributed by atoms with Gasteiger partial charge in [0.2, 0.25) is 0 Å². The van der Waals surface area contributed by atoms with Crippen LogP contribution in [0.1, 0.15) is 24.0 Å². The highest BCUT2D eigenvalue weighted by atomic mass is 32.1. The van der Waals surface area contributed by atoms with Crippen molar-refractivity contribution in [1.29, 1.82) is 0 Å². The lowest BCUT2D eigenvalue weighted by molar-refractivity contribution is 0.0489. The van der Waals surface area contributed by atoms with E-state index < -0.39 is 0 Å². The molecule has 2 aliphatic rings. The van der Waals surface area contributed by atoms with Crippen molar-refractivity contribution < 1.29 is 4.74 Å². The van der Waals surface area contributed by atoms with E-state index in [9.17, 15) is 4.79 Å². The highest BCUT2D eigenvalue weighted by molar-refractivity contribution is 7.71. The molecular formula is C19H20N2O2S. The minimum absolute atomic E-state index is 0.0186. The van der Waals surface area contributed by atoms with E-state index in [0.717, 1.165) is 36.1 Å². The van der Waals surface area contributed by atoms with E-state index in [1.165, 1.54) is 5.56 Å². The van der Waals surface area contributed by atoms with Crippen LogP contribution in [-0.2, 0) is 23.1 Å². The third kappa shape index (κ3) is 2.23. The molecule has 5 heteroatoms. The third-order valence-corrected chi connectivity index (χ3v) is 5.62. The van der Waals surface area contributed by atoms with Gasteiger partial charge in [-0.2, -0.15) is 0 Å². The SMILES string of the molecule is C=CCn1c(=S)[nH]c2c(c1=O)C1(CCOCC1)Cc1ccccc1-2. The molecule has 2 aromatic rings. The summed E-state index contributed by atoms with van der Waals surface area (Å²) >= 11 is 5.44. The molecule has 0 radical (unpaired) electrons. The van der Waals surface area contributed by atoms with E-state index >= 15 is 0 Å². The van der Waals surface area contributed by atoms with Crippen LogP contribution >= 0.6 is 12.2 Å². The second kappa shape index (κ2) is 5.83. The second-order valence-electron chi connectivity index (χ2n) is 6.61. The summed E-state index contributed by atoms with van der Waals surface area (Å²) < 4.78 is 7.66. The Hall–Kier alpha value is -1.98. The molecule has 0 amide bonds. The van der Waals surface area contributed by atoms with Gasteiger partial charge in [-0.15, -0.1) is 6.58 Å². The van der Waals surface area contributed by atoms with Gasteiger partial charge in [0, 0.05) is 36.3 Å². The molecule has 0 unspecified atom stereocenters. The van der Waals surface area contributed by atoms with E-state index in [0.29, 0.717) is 24.5 Å². The molecule has 4 rings (SSSR count). The maximum absolute atomic E-state index is 13.3. The Morgan fingerprint density at radius 3 is 2.83 bits per heavy atom. The van der Waals surface area contributed by atoms with Gasteiger partial charge in [0.05, 0.1) is 5.69 Å². The lowest BCUT2D eigenvalue weighted by Crippen LogP contribution is -2.45. The summed E-state index contributed by atoms with van der Waals surface area (Å²) in [6.45, 7) is 5.56. The molecule has 0 saturated carbocycles. The van der Waals surface area contributed by atoms with E-state index in [2.05, 4.69) is 29.8 Å². The van der Waals surface area contributed by atoms with Crippen LogP contribution in [0.3, 0.4) is 0 Å². The molecule has 1 fully saturated rings. The first-order chi connectivity index (χ1) is 11.7. The Morgan fingerprint density at radius 1 is 1.33 bits per heavy atom. The van der Waals surface area contributed by atoms with Crippen molar-refractivity contribution in [1.82, 2.24) is 9.55 Å². The smallest absolute Gasteiger partial charge is 0.258 e. The van der Waals surface area contributed by atoms with Gasteiger partial charge in [-0.1, -0.05) is 30.3 Å². The lowest BCUT2D eigenvalue weighted by atomic mass is 9.65. The highest BCUT2D eigenvalue weighted by Crippen LogP contribution is 2.45. The average Bonchev–Trinajstić information content (AvgIpc) is 2.59. The largest absolute Gasteiger partial charge is 0.381 e. The molecule has 1 aromatic heterocycles. The fourth-order valence-electron chi connectivity index (χ4n) is 4.12. The maximum atomic E-state index is 13.3. The number of fused-ring (bicyclic) bond motifs is 4. The van der Waals surface area contributed by atoms with Crippen LogP contribution in [0, 0.1) is 4.77 Å². The lowest BCUT2D eigenvalue weighted by Gasteiger charge is -2.41. The van der Waals surface area contributed by atoms with Crippen molar-refractivity contribution in [3.63, 3.8) is 0 Å². The van der Waals surface area contributed by atoms with Gasteiger partial charge in [0.25, 0.3) is 5.56 Å². The summed E-state index contributed by atoms with van der Waals surface area (Å²) in [5, 5.41) is 0. The number of ether oxygens (including phenoxy) is 1. The Labute approximate surface area is 145 Å². The molecule has 1 aliphatic heterocycles. The molecule has 0 bridgehead atoms. The standard InChI is InChI=1S/C19H20N2O2S/c1-2-9-21-17(22)15-16(20-18(21)24)14-6-4-3-5-13(14)12-19(15)7-10-23-11-8-19/h2-6H,1,7-12H2,(H,20,24). The van der Waals surface area contributed by atoms with E-state index in [1.54, 1.807) is 10.6 Å². The summed E-state index contributed by atoms with van der Waals surface area (Å²) in [7, 11) is 0. The minimum Gasteiger partial charge on any atom is -0.381 e. The number of rotatable bonds is 2. The number of aromatic amines is 1. The van der Waals surface area contributed by atoms with Gasteiger partial charge in [-0.3, -0.25) is 9.36 Å². The first kappa shape index (κ1) is 15.5. The Morgan fingerprint density at radius 2 is 2.08 bits per heavy atom. The summed E-state index contributed by atoms with van der Waals surface area (Å²) in [4.78, 5) is 16.6. The molecule has 124 valence electrons. The van der Waals surface area contributed by atoms with Gasteiger partial charge in [-0.25, -0.2) is 0 Å². The first-order valence-electron chi connectivity index (χ1n) is 8.31. The number of hydrogen-bond donors (Lipinski definition) is 1. The van der Waals surface area contributed by atoms with Gasteiger partial charge < -0.3 is 9.72 Å². The van der Waals surface area contributed by atoms with Gasteiger partial charge in [0.1, 0.15) is 0 Å². The number of hydrogen-bond acceptors (Lipinski definition) is 3. The van der Waals surface area contributed by atoms with Crippen molar-refractivity contribution in [2.24, 2.45) is 0 Å². The van der Waals surface area contributed by atoms with Crippen molar-refractivity contribution in [2.45, 2.75) is 31.2 Å². The zero-order chi connectivity index (χ0) is 16.7. The first-order valence-corrected chi connectivity index (χ1v) is 8.72. The fourth-order valence-corrected chi connectivity index (χ4v) is 4.38. The van der Waals surface area contributed by atoms with Crippen LogP contribution in [-0.4, -0.2) is 22.8 Å². The number of allylic oxidation sites excluding steroid dienone is 1. The average molecular weight is 340 g/mol. The van der Waals surface area contributed by atoms with Gasteiger partial charge in [-0.05, 0) is 37.0 Å². The maximum Gasteiger partial charge on any atom is 0.258 e. The predicted molar refractivity (Wildman–Crippen MR) is 97.0 cm³/mol. The van der Waals surface area contributed by atoms with Crippen LogP contribution in [0.4, 0.5) is 0 Å². The normalized spacial score (nSPS) is 18.0. The van der Waals surface area contributed by atoms with Crippen LogP contribution < -0.4 is 5.56 Å². The Balaban J connectivity index is 2.06. The number of benzene rings is 1. The quantitative estimate of drug-likeness (QED) is 0.673. The summed E-state index contributed by atoms with van der Waals surface area (Å²) in [6, 6.07) is 8.30. The van der Waals surface area contributed by atoms with Crippen LogP contribution in [0.2, 0.25) is 0 Å². The molecular weight excluding hydrogens is 320 g/mol. The van der Waals surface area contributed by atoms with Crippen LogP contribution in [0.15, 0.2) is 41.7 Å². The molecule has 1 spiro atoms. The van der Waals surface area contributed by atoms with Crippen molar-refractivity contribution in [3.05, 3.63) is 63.2 Å². The van der Waals surface area contributed by atoms with E-state index in [1.807, 2.05) is 6.07 Å². The van der Waals surface area contributed by atoms with Crippen LogP contribution in [0.25, 0.3) is 11.3 Å². The van der Waals surface area contributed by atoms with Gasteiger partial charge in [0.15, 0.2) is 4.77 Å². The van der Waals surface area contributed by atoms with Crippen LogP contribution in [0.5, 0.6) is 0 Å². The van der Waals surface area contributed by atoms with Crippen molar-refractivity contribution >= 4 is 12.2 Å². The molecule has 1 saturated heterocycles. The Kier molecular flexibility index (Phi) is 3.77. The van der Waals surface area contributed by atoms with Gasteiger partial charge >= 0.3 is 0 Å². The molecule has 2 heterocycles. The Bertz CT molecular complexity index is 920. The molecule has 0 atom stereocenters. The summed E-state index contributed by atoms with van der Waals surface area (Å²) in [6.07, 6.45) is 4.32. The number of aromatic nitrogens is 2. The summed E-state index contributed by atoms with van der Waals surface area (Å²) in [5.74, 6) is 0. The number of H-pyrrole nitrogens is 1. The topological polar surface area (TPSA) is 47.0 Å². The molecule has 24 heavy (non-hydrogen) atoms. The third-order valence-electron chi connectivity index (χ3n) is 5.29. The monoisotopic (exact) mass is 340 g/mol. The number of nitrogens with zero attached hydrogens (tertiary/aromatic N) is 1. The fraction of sp³-hybridized carbons (Fsp3) is 0.368. The van der Waals surface area contributed by atoms with Crippen molar-refractivity contribution in [3.8, 4) is 11.3 Å². The zero-order valence-corrected chi connectivity index (χ0v) is 14.3. The van der Waals surface area contributed by atoms with E-state index in [4.69, 9.17) is 17.0 Å². The molecule has 1 N–H and O–H groups in total. The molecule has 1 aliphatic carbocycles. The highest BCUT2D eigenvalue weighted by Gasteiger charge is 2.43. The van der Waals surface area contributed by atoms with Crippen molar-refractivity contribution in [2.75, 3.05) is 13.2 Å². The predicted octanol–water partition coefficient (Wildman–Crippen LogP) is 3.36. The summed E-state index contributed by atoms with van der Waals surface area (Å²) in [5.41, 5.74) is 4.00. The zero-order valence-electron chi connectivity index (χ0n) is 13.5. The van der Waals surface area contributed by atoms with E-state index in [-0.39, 0.29) is 11.0 Å². The second-order valence-corrected chi connectivity index (χ2v) is 7.00. The minimum atomic E-state index is -0.165.